The first-order valence-corrected chi connectivity index (χ1v) is 8.23. The lowest BCUT2D eigenvalue weighted by atomic mass is 10.0. The smallest absolute Gasteiger partial charge is 0.231 e. The van der Waals surface area contributed by atoms with Gasteiger partial charge in [0.15, 0.2) is 0 Å². The number of benzene rings is 1. The summed E-state index contributed by atoms with van der Waals surface area (Å²) in [7, 11) is 0. The Kier molecular flexibility index (Phi) is 5.88. The van der Waals surface area contributed by atoms with E-state index in [4.69, 9.17) is 4.74 Å². The van der Waals surface area contributed by atoms with E-state index >= 15 is 0 Å². The minimum atomic E-state index is -0.112. The molecule has 0 aliphatic carbocycles. The van der Waals surface area contributed by atoms with Crippen molar-refractivity contribution in [1.29, 1.82) is 0 Å². The zero-order chi connectivity index (χ0) is 14.4. The molecule has 0 radical (unpaired) electrons. The number of ether oxygens (including phenoxy) is 1. The normalized spacial score (nSPS) is 21.9. The van der Waals surface area contributed by atoms with Gasteiger partial charge < -0.3 is 15.4 Å². The molecule has 1 fully saturated rings. The average molecular weight is 294 g/mol. The second-order valence-corrected chi connectivity index (χ2v) is 5.81. The lowest BCUT2D eigenvalue weighted by Crippen LogP contribution is -2.41. The zero-order valence-electron chi connectivity index (χ0n) is 12.0. The molecule has 0 bridgehead atoms. The fourth-order valence-corrected chi connectivity index (χ4v) is 2.74. The number of rotatable bonds is 6. The maximum atomic E-state index is 12.4. The van der Waals surface area contributed by atoms with E-state index in [0.717, 1.165) is 23.5 Å². The zero-order valence-corrected chi connectivity index (χ0v) is 12.8. The third-order valence-electron chi connectivity index (χ3n) is 3.41. The summed E-state index contributed by atoms with van der Waals surface area (Å²) in [5, 5.41) is 6.37. The molecule has 2 N–H and O–H groups in total. The van der Waals surface area contributed by atoms with Crippen LogP contribution in [0.3, 0.4) is 0 Å². The SMILES string of the molecule is CCCNC1COCC1C(=O)Nc1cccc(SC)c1. The van der Waals surface area contributed by atoms with E-state index in [2.05, 4.69) is 17.6 Å². The van der Waals surface area contributed by atoms with Gasteiger partial charge in [-0.1, -0.05) is 13.0 Å². The number of carbonyl (C=O) groups excluding carboxylic acids is 1. The predicted octanol–water partition coefficient (Wildman–Crippen LogP) is 2.36. The molecule has 2 rings (SSSR count). The van der Waals surface area contributed by atoms with Gasteiger partial charge in [0.2, 0.25) is 5.91 Å². The lowest BCUT2D eigenvalue weighted by Gasteiger charge is -2.18. The van der Waals surface area contributed by atoms with Gasteiger partial charge in [0.1, 0.15) is 0 Å². The van der Waals surface area contributed by atoms with Gasteiger partial charge in [0.05, 0.1) is 19.1 Å². The van der Waals surface area contributed by atoms with E-state index in [-0.39, 0.29) is 17.9 Å². The quantitative estimate of drug-likeness (QED) is 0.791. The number of thioether (sulfide) groups is 1. The number of hydrogen-bond acceptors (Lipinski definition) is 4. The Labute approximate surface area is 124 Å². The Morgan fingerprint density at radius 2 is 2.30 bits per heavy atom. The molecule has 1 aromatic carbocycles. The molecule has 1 aromatic rings. The molecule has 0 saturated carbocycles. The molecular formula is C15H22N2O2S. The van der Waals surface area contributed by atoms with Gasteiger partial charge in [-0.25, -0.2) is 0 Å². The summed E-state index contributed by atoms with van der Waals surface area (Å²) in [6.07, 6.45) is 3.08. The molecule has 1 aliphatic rings. The van der Waals surface area contributed by atoms with Crippen molar-refractivity contribution < 1.29 is 9.53 Å². The van der Waals surface area contributed by atoms with E-state index in [9.17, 15) is 4.79 Å². The first-order chi connectivity index (χ1) is 9.74. The lowest BCUT2D eigenvalue weighted by molar-refractivity contribution is -0.120. The van der Waals surface area contributed by atoms with Gasteiger partial charge in [-0.2, -0.15) is 0 Å². The molecule has 1 aliphatic heterocycles. The van der Waals surface area contributed by atoms with Crippen molar-refractivity contribution in [3.63, 3.8) is 0 Å². The molecule has 2 unspecified atom stereocenters. The highest BCUT2D eigenvalue weighted by Gasteiger charge is 2.33. The molecule has 1 amide bonds. The van der Waals surface area contributed by atoms with Crippen LogP contribution >= 0.6 is 11.8 Å². The number of hydrogen-bond donors (Lipinski definition) is 2. The van der Waals surface area contributed by atoms with Crippen LogP contribution in [0.25, 0.3) is 0 Å². The molecule has 2 atom stereocenters. The molecule has 5 heteroatoms. The summed E-state index contributed by atoms with van der Waals surface area (Å²) in [5.74, 6) is -0.0751. The van der Waals surface area contributed by atoms with Gasteiger partial charge in [0, 0.05) is 16.6 Å². The minimum absolute atomic E-state index is 0.0364. The van der Waals surface area contributed by atoms with Crippen molar-refractivity contribution in [2.45, 2.75) is 24.3 Å². The predicted molar refractivity (Wildman–Crippen MR) is 83.2 cm³/mol. The summed E-state index contributed by atoms with van der Waals surface area (Å²) in [5.41, 5.74) is 0.850. The highest BCUT2D eigenvalue weighted by Crippen LogP contribution is 2.21. The van der Waals surface area contributed by atoms with Crippen LogP contribution in [0.1, 0.15) is 13.3 Å². The Bertz CT molecular complexity index is 453. The van der Waals surface area contributed by atoms with E-state index in [0.29, 0.717) is 13.2 Å². The molecule has 1 heterocycles. The van der Waals surface area contributed by atoms with Gasteiger partial charge >= 0.3 is 0 Å². The number of anilines is 1. The van der Waals surface area contributed by atoms with E-state index in [1.54, 1.807) is 11.8 Å². The number of amides is 1. The van der Waals surface area contributed by atoms with E-state index in [1.165, 1.54) is 0 Å². The highest BCUT2D eigenvalue weighted by atomic mass is 32.2. The molecule has 20 heavy (non-hydrogen) atoms. The standard InChI is InChI=1S/C15H22N2O2S/c1-3-7-16-14-10-19-9-13(14)15(18)17-11-5-4-6-12(8-11)20-2/h4-6,8,13-14,16H,3,7,9-10H2,1-2H3,(H,17,18). The Morgan fingerprint density at radius 3 is 3.05 bits per heavy atom. The van der Waals surface area contributed by atoms with Crippen LogP contribution in [0, 0.1) is 5.92 Å². The fourth-order valence-electron chi connectivity index (χ4n) is 2.28. The molecule has 1 saturated heterocycles. The van der Waals surface area contributed by atoms with Crippen molar-refractivity contribution in [1.82, 2.24) is 5.32 Å². The van der Waals surface area contributed by atoms with Crippen LogP contribution in [0.4, 0.5) is 5.69 Å². The van der Waals surface area contributed by atoms with Crippen molar-refractivity contribution in [3.8, 4) is 0 Å². The van der Waals surface area contributed by atoms with Gasteiger partial charge in [-0.05, 0) is 37.4 Å². The molecule has 0 aromatic heterocycles. The molecule has 4 nitrogen and oxygen atoms in total. The average Bonchev–Trinajstić information content (AvgIpc) is 2.93. The first-order valence-electron chi connectivity index (χ1n) is 7.00. The van der Waals surface area contributed by atoms with Crippen LogP contribution in [0.2, 0.25) is 0 Å². The maximum Gasteiger partial charge on any atom is 0.231 e. The summed E-state index contributed by atoms with van der Waals surface area (Å²) in [6.45, 7) is 4.14. The summed E-state index contributed by atoms with van der Waals surface area (Å²) < 4.78 is 5.44. The van der Waals surface area contributed by atoms with Crippen LogP contribution in [0.15, 0.2) is 29.2 Å². The van der Waals surface area contributed by atoms with Gasteiger partial charge in [-0.3, -0.25) is 4.79 Å². The van der Waals surface area contributed by atoms with Crippen LogP contribution in [-0.2, 0) is 9.53 Å². The Hall–Kier alpha value is -1.04. The van der Waals surface area contributed by atoms with E-state index in [1.807, 2.05) is 30.5 Å². The fraction of sp³-hybridized carbons (Fsp3) is 0.533. The maximum absolute atomic E-state index is 12.4. The van der Waals surface area contributed by atoms with Crippen LogP contribution in [0.5, 0.6) is 0 Å². The van der Waals surface area contributed by atoms with Crippen molar-refractivity contribution >= 4 is 23.4 Å². The molecular weight excluding hydrogens is 272 g/mol. The Morgan fingerprint density at radius 1 is 1.45 bits per heavy atom. The monoisotopic (exact) mass is 294 g/mol. The summed E-state index contributed by atoms with van der Waals surface area (Å²) >= 11 is 1.67. The van der Waals surface area contributed by atoms with Crippen LogP contribution < -0.4 is 10.6 Å². The summed E-state index contributed by atoms with van der Waals surface area (Å²) in [4.78, 5) is 13.5. The largest absolute Gasteiger partial charge is 0.379 e. The van der Waals surface area contributed by atoms with Gasteiger partial charge in [-0.15, -0.1) is 11.8 Å². The van der Waals surface area contributed by atoms with Crippen molar-refractivity contribution in [2.75, 3.05) is 31.3 Å². The van der Waals surface area contributed by atoms with Crippen LogP contribution in [-0.4, -0.2) is 38.0 Å². The van der Waals surface area contributed by atoms with Crippen molar-refractivity contribution in [3.05, 3.63) is 24.3 Å². The second kappa shape index (κ2) is 7.67. The first kappa shape index (κ1) is 15.4. The second-order valence-electron chi connectivity index (χ2n) is 4.93. The number of carbonyl (C=O) groups is 1. The molecule has 110 valence electrons. The van der Waals surface area contributed by atoms with Gasteiger partial charge in [0.25, 0.3) is 0 Å². The van der Waals surface area contributed by atoms with E-state index < -0.39 is 0 Å². The minimum Gasteiger partial charge on any atom is -0.379 e. The Balaban J connectivity index is 1.96. The number of nitrogens with one attached hydrogen (secondary N) is 2. The topological polar surface area (TPSA) is 50.4 Å². The third-order valence-corrected chi connectivity index (χ3v) is 4.14. The molecule has 0 spiro atoms. The summed E-state index contributed by atoms with van der Waals surface area (Å²) in [6, 6.07) is 8.03. The highest BCUT2D eigenvalue weighted by molar-refractivity contribution is 7.98. The van der Waals surface area contributed by atoms with Crippen molar-refractivity contribution in [2.24, 2.45) is 5.92 Å². The third kappa shape index (κ3) is 3.98.